The van der Waals surface area contributed by atoms with Crippen LogP contribution in [0.25, 0.3) is 0 Å². The molecule has 3 aromatic rings. The summed E-state index contributed by atoms with van der Waals surface area (Å²) < 4.78 is 13.7. The van der Waals surface area contributed by atoms with Crippen molar-refractivity contribution in [3.8, 4) is 0 Å². The first-order chi connectivity index (χ1) is 13.0. The molecular formula is C20H18ClFN4O. The number of anilines is 2. The van der Waals surface area contributed by atoms with Crippen LogP contribution in [0.4, 0.5) is 16.0 Å². The number of rotatable bonds is 6. The van der Waals surface area contributed by atoms with E-state index < -0.39 is 0 Å². The molecule has 0 saturated heterocycles. The van der Waals surface area contributed by atoms with Crippen LogP contribution in [0.1, 0.15) is 21.7 Å². The number of nitrogens with one attached hydrogen (secondary N) is 2. The molecule has 0 bridgehead atoms. The van der Waals surface area contributed by atoms with Gasteiger partial charge in [0.1, 0.15) is 11.5 Å². The topological polar surface area (TPSA) is 66.9 Å². The third-order valence-electron chi connectivity index (χ3n) is 3.80. The molecule has 0 fully saturated rings. The molecule has 5 nitrogen and oxygen atoms in total. The number of amides is 1. The van der Waals surface area contributed by atoms with Gasteiger partial charge in [0.15, 0.2) is 0 Å². The lowest BCUT2D eigenvalue weighted by molar-refractivity contribution is 0.102. The summed E-state index contributed by atoms with van der Waals surface area (Å²) in [6.45, 7) is 2.22. The molecule has 138 valence electrons. The van der Waals surface area contributed by atoms with Gasteiger partial charge in [0.25, 0.3) is 5.91 Å². The Morgan fingerprint density at radius 1 is 1.11 bits per heavy atom. The molecule has 3 rings (SSSR count). The summed E-state index contributed by atoms with van der Waals surface area (Å²) >= 11 is 5.93. The highest BCUT2D eigenvalue weighted by Gasteiger charge is 2.11. The first kappa shape index (κ1) is 18.8. The number of benzene rings is 2. The standard InChI is InChI=1S/C20H18ClFN4O/c1-13-11-18(19(27)25-16-7-4-6-15(21)12-16)26-20(24-13)23-10-9-14-5-2-3-8-17(14)22/h2-8,11-12H,9-10H2,1H3,(H,25,27)(H,23,24,26). The Hall–Kier alpha value is -2.99. The minimum absolute atomic E-state index is 0.232. The number of aromatic nitrogens is 2. The van der Waals surface area contributed by atoms with Gasteiger partial charge in [0.2, 0.25) is 5.95 Å². The van der Waals surface area contributed by atoms with E-state index in [1.807, 2.05) is 0 Å². The van der Waals surface area contributed by atoms with Gasteiger partial charge < -0.3 is 10.6 Å². The summed E-state index contributed by atoms with van der Waals surface area (Å²) in [4.78, 5) is 21.0. The van der Waals surface area contributed by atoms with E-state index in [0.29, 0.717) is 40.9 Å². The minimum atomic E-state index is -0.361. The summed E-state index contributed by atoms with van der Waals surface area (Å²) in [5.41, 5.74) is 2.07. The van der Waals surface area contributed by atoms with Gasteiger partial charge in [-0.3, -0.25) is 4.79 Å². The molecule has 0 radical (unpaired) electrons. The van der Waals surface area contributed by atoms with Crippen molar-refractivity contribution in [3.63, 3.8) is 0 Å². The zero-order chi connectivity index (χ0) is 19.2. The largest absolute Gasteiger partial charge is 0.354 e. The van der Waals surface area contributed by atoms with Gasteiger partial charge in [-0.05, 0) is 49.2 Å². The van der Waals surface area contributed by atoms with E-state index in [2.05, 4.69) is 20.6 Å². The summed E-state index contributed by atoms with van der Waals surface area (Å²) in [5.74, 6) is -0.284. The minimum Gasteiger partial charge on any atom is -0.354 e. The number of aryl methyl sites for hydroxylation is 1. The Morgan fingerprint density at radius 3 is 2.70 bits per heavy atom. The Balaban J connectivity index is 1.66. The van der Waals surface area contributed by atoms with Crippen LogP contribution in [0.2, 0.25) is 5.02 Å². The molecule has 1 heterocycles. The maximum Gasteiger partial charge on any atom is 0.274 e. The van der Waals surface area contributed by atoms with Gasteiger partial charge in [-0.2, -0.15) is 0 Å². The van der Waals surface area contributed by atoms with E-state index in [4.69, 9.17) is 11.6 Å². The molecule has 0 unspecified atom stereocenters. The van der Waals surface area contributed by atoms with Gasteiger partial charge >= 0.3 is 0 Å². The van der Waals surface area contributed by atoms with E-state index in [-0.39, 0.29) is 17.4 Å². The Labute approximate surface area is 161 Å². The van der Waals surface area contributed by atoms with E-state index >= 15 is 0 Å². The van der Waals surface area contributed by atoms with Gasteiger partial charge in [-0.1, -0.05) is 35.9 Å². The maximum absolute atomic E-state index is 13.7. The zero-order valence-electron chi connectivity index (χ0n) is 14.7. The fraction of sp³-hybridized carbons (Fsp3) is 0.150. The second kappa shape index (κ2) is 8.60. The van der Waals surface area contributed by atoms with Crippen LogP contribution in [0.5, 0.6) is 0 Å². The van der Waals surface area contributed by atoms with Gasteiger partial charge in [0, 0.05) is 22.9 Å². The van der Waals surface area contributed by atoms with Gasteiger partial charge in [-0.15, -0.1) is 0 Å². The average Bonchev–Trinajstić information content (AvgIpc) is 2.63. The molecular weight excluding hydrogens is 367 g/mol. The number of hydrogen-bond donors (Lipinski definition) is 2. The zero-order valence-corrected chi connectivity index (χ0v) is 15.4. The fourth-order valence-corrected chi connectivity index (χ4v) is 2.73. The van der Waals surface area contributed by atoms with Crippen LogP contribution in [0.3, 0.4) is 0 Å². The molecule has 0 saturated carbocycles. The number of nitrogens with zero attached hydrogens (tertiary/aromatic N) is 2. The highest BCUT2D eigenvalue weighted by atomic mass is 35.5. The molecule has 2 N–H and O–H groups in total. The van der Waals surface area contributed by atoms with Crippen LogP contribution >= 0.6 is 11.6 Å². The Morgan fingerprint density at radius 2 is 1.93 bits per heavy atom. The summed E-state index contributed by atoms with van der Waals surface area (Å²) in [6.07, 6.45) is 0.480. The quantitative estimate of drug-likeness (QED) is 0.657. The molecule has 0 spiro atoms. The van der Waals surface area contributed by atoms with Crippen molar-refractivity contribution in [2.45, 2.75) is 13.3 Å². The van der Waals surface area contributed by atoms with Crippen molar-refractivity contribution in [2.75, 3.05) is 17.2 Å². The molecule has 1 aromatic heterocycles. The normalized spacial score (nSPS) is 10.5. The smallest absolute Gasteiger partial charge is 0.274 e. The summed E-state index contributed by atoms with van der Waals surface area (Å²) in [7, 11) is 0. The van der Waals surface area contributed by atoms with E-state index in [1.165, 1.54) is 6.07 Å². The molecule has 0 atom stereocenters. The molecule has 7 heteroatoms. The van der Waals surface area contributed by atoms with Crippen LogP contribution in [-0.2, 0) is 6.42 Å². The molecule has 27 heavy (non-hydrogen) atoms. The molecule has 0 aliphatic rings. The number of carbonyl (C=O) groups is 1. The molecule has 2 aromatic carbocycles. The predicted molar refractivity (Wildman–Crippen MR) is 105 cm³/mol. The predicted octanol–water partition coefficient (Wildman–Crippen LogP) is 4.48. The first-order valence-corrected chi connectivity index (χ1v) is 8.79. The maximum atomic E-state index is 13.7. The Kier molecular flexibility index (Phi) is 5.98. The van der Waals surface area contributed by atoms with Crippen molar-refractivity contribution < 1.29 is 9.18 Å². The number of halogens is 2. The van der Waals surface area contributed by atoms with Crippen molar-refractivity contribution in [3.05, 3.63) is 82.4 Å². The van der Waals surface area contributed by atoms with E-state index in [0.717, 1.165) is 0 Å². The number of hydrogen-bond acceptors (Lipinski definition) is 4. The highest BCUT2D eigenvalue weighted by molar-refractivity contribution is 6.30. The highest BCUT2D eigenvalue weighted by Crippen LogP contribution is 2.16. The van der Waals surface area contributed by atoms with Crippen molar-refractivity contribution in [2.24, 2.45) is 0 Å². The summed E-state index contributed by atoms with van der Waals surface area (Å²) in [5, 5.41) is 6.32. The first-order valence-electron chi connectivity index (χ1n) is 8.41. The van der Waals surface area contributed by atoms with E-state index in [9.17, 15) is 9.18 Å². The second-order valence-corrected chi connectivity index (χ2v) is 6.39. The van der Waals surface area contributed by atoms with Crippen LogP contribution < -0.4 is 10.6 Å². The SMILES string of the molecule is Cc1cc(C(=O)Nc2cccc(Cl)c2)nc(NCCc2ccccc2F)n1. The molecule has 0 aliphatic heterocycles. The fourth-order valence-electron chi connectivity index (χ4n) is 2.54. The third kappa shape index (κ3) is 5.24. The van der Waals surface area contributed by atoms with Crippen molar-refractivity contribution >= 4 is 29.1 Å². The molecule has 1 amide bonds. The van der Waals surface area contributed by atoms with Crippen LogP contribution in [-0.4, -0.2) is 22.4 Å². The van der Waals surface area contributed by atoms with Gasteiger partial charge in [0.05, 0.1) is 0 Å². The lowest BCUT2D eigenvalue weighted by atomic mass is 10.1. The van der Waals surface area contributed by atoms with Crippen molar-refractivity contribution in [1.82, 2.24) is 9.97 Å². The Bertz CT molecular complexity index is 964. The lowest BCUT2D eigenvalue weighted by Crippen LogP contribution is -2.17. The van der Waals surface area contributed by atoms with Crippen molar-refractivity contribution in [1.29, 1.82) is 0 Å². The van der Waals surface area contributed by atoms with E-state index in [1.54, 1.807) is 55.5 Å². The van der Waals surface area contributed by atoms with Crippen LogP contribution in [0.15, 0.2) is 54.6 Å². The summed E-state index contributed by atoms with van der Waals surface area (Å²) in [6, 6.07) is 15.1. The molecule has 0 aliphatic carbocycles. The van der Waals surface area contributed by atoms with Gasteiger partial charge in [-0.25, -0.2) is 14.4 Å². The van der Waals surface area contributed by atoms with Crippen LogP contribution in [0, 0.1) is 12.7 Å². The number of carbonyl (C=O) groups excluding carboxylic acids is 1. The monoisotopic (exact) mass is 384 g/mol. The lowest BCUT2D eigenvalue weighted by Gasteiger charge is -2.09. The average molecular weight is 385 g/mol. The second-order valence-electron chi connectivity index (χ2n) is 5.95. The third-order valence-corrected chi connectivity index (χ3v) is 4.04.